The van der Waals surface area contributed by atoms with Crippen LogP contribution in [0.2, 0.25) is 0 Å². The Kier molecular flexibility index (Phi) is 6.76. The highest BCUT2D eigenvalue weighted by Gasteiger charge is 2.05. The van der Waals surface area contributed by atoms with Gasteiger partial charge in [0.25, 0.3) is 0 Å². The van der Waals surface area contributed by atoms with Gasteiger partial charge in [0.2, 0.25) is 11.9 Å². The molecule has 2 aromatic carbocycles. The third-order valence-corrected chi connectivity index (χ3v) is 4.05. The molecule has 0 fully saturated rings. The molecule has 0 aliphatic heterocycles. The minimum atomic E-state index is -0.0980. The third-order valence-electron chi connectivity index (χ3n) is 4.05. The summed E-state index contributed by atoms with van der Waals surface area (Å²) < 4.78 is 5.77. The molecule has 0 bridgehead atoms. The summed E-state index contributed by atoms with van der Waals surface area (Å²) in [6, 6.07) is 17.1. The number of hydrogen-bond acceptors (Lipinski definition) is 6. The highest BCUT2D eigenvalue weighted by molar-refractivity contribution is 5.88. The molecule has 7 nitrogen and oxygen atoms in total. The Morgan fingerprint density at radius 1 is 1.07 bits per heavy atom. The van der Waals surface area contributed by atoms with Gasteiger partial charge in [-0.05, 0) is 44.4 Å². The summed E-state index contributed by atoms with van der Waals surface area (Å²) in [5, 5.41) is 5.98. The SMILES string of the molecule is CC(=O)Nc1ccc(-c2ccnc(Nc3cccc(OCCN(C)C)c3)n2)cc1. The largest absolute Gasteiger partial charge is 0.492 e. The van der Waals surface area contributed by atoms with Gasteiger partial charge in [0.15, 0.2) is 0 Å². The van der Waals surface area contributed by atoms with Crippen LogP contribution in [0.15, 0.2) is 60.8 Å². The highest BCUT2D eigenvalue weighted by Crippen LogP contribution is 2.23. The molecule has 3 rings (SSSR count). The standard InChI is InChI=1S/C22H25N5O2/c1-16(28)24-18-9-7-17(8-10-18)21-11-12-23-22(26-21)25-19-5-4-6-20(15-19)29-14-13-27(2)3/h4-12,15H,13-14H2,1-3H3,(H,24,28)(H,23,25,26). The number of likely N-dealkylation sites (N-methyl/N-ethyl adjacent to an activating group) is 1. The van der Waals surface area contributed by atoms with Crippen molar-refractivity contribution in [1.29, 1.82) is 0 Å². The molecule has 0 saturated heterocycles. The van der Waals surface area contributed by atoms with Crippen LogP contribution in [0.4, 0.5) is 17.3 Å². The van der Waals surface area contributed by atoms with Gasteiger partial charge in [0.05, 0.1) is 5.69 Å². The first kappa shape index (κ1) is 20.3. The van der Waals surface area contributed by atoms with Crippen molar-refractivity contribution in [2.75, 3.05) is 37.9 Å². The Morgan fingerprint density at radius 3 is 2.59 bits per heavy atom. The summed E-state index contributed by atoms with van der Waals surface area (Å²) >= 11 is 0. The number of anilines is 3. The average Bonchev–Trinajstić information content (AvgIpc) is 2.68. The van der Waals surface area contributed by atoms with Gasteiger partial charge < -0.3 is 20.3 Å². The fraction of sp³-hybridized carbons (Fsp3) is 0.227. The zero-order valence-electron chi connectivity index (χ0n) is 16.8. The average molecular weight is 391 g/mol. The Bertz CT molecular complexity index is 957. The number of carbonyl (C=O) groups is 1. The van der Waals surface area contributed by atoms with Crippen molar-refractivity contribution < 1.29 is 9.53 Å². The van der Waals surface area contributed by atoms with Crippen molar-refractivity contribution >= 4 is 23.2 Å². The smallest absolute Gasteiger partial charge is 0.227 e. The van der Waals surface area contributed by atoms with Gasteiger partial charge in [0, 0.05) is 42.7 Å². The van der Waals surface area contributed by atoms with Gasteiger partial charge in [0.1, 0.15) is 12.4 Å². The number of rotatable bonds is 8. The summed E-state index contributed by atoms with van der Waals surface area (Å²) in [5.41, 5.74) is 3.32. The molecule has 3 aromatic rings. The Morgan fingerprint density at radius 2 is 1.86 bits per heavy atom. The number of hydrogen-bond donors (Lipinski definition) is 2. The topological polar surface area (TPSA) is 79.4 Å². The van der Waals surface area contributed by atoms with Gasteiger partial charge in [-0.2, -0.15) is 0 Å². The van der Waals surface area contributed by atoms with Crippen LogP contribution >= 0.6 is 0 Å². The van der Waals surface area contributed by atoms with E-state index in [1.54, 1.807) is 6.20 Å². The van der Waals surface area contributed by atoms with E-state index in [2.05, 4.69) is 25.5 Å². The van der Waals surface area contributed by atoms with E-state index in [1.807, 2.05) is 68.7 Å². The molecule has 150 valence electrons. The first-order valence-corrected chi connectivity index (χ1v) is 9.35. The Hall–Kier alpha value is -3.45. The van der Waals surface area contributed by atoms with Crippen molar-refractivity contribution in [2.45, 2.75) is 6.92 Å². The number of amides is 1. The molecule has 0 radical (unpaired) electrons. The zero-order valence-corrected chi connectivity index (χ0v) is 16.8. The van der Waals surface area contributed by atoms with E-state index in [0.717, 1.165) is 34.9 Å². The summed E-state index contributed by atoms with van der Waals surface area (Å²) in [5.74, 6) is 1.19. The fourth-order valence-corrected chi connectivity index (χ4v) is 2.65. The highest BCUT2D eigenvalue weighted by atomic mass is 16.5. The van der Waals surface area contributed by atoms with E-state index >= 15 is 0 Å². The normalized spacial score (nSPS) is 10.6. The second-order valence-corrected chi connectivity index (χ2v) is 6.83. The minimum Gasteiger partial charge on any atom is -0.492 e. The Labute approximate surface area is 170 Å². The van der Waals surface area contributed by atoms with E-state index in [-0.39, 0.29) is 5.91 Å². The van der Waals surface area contributed by atoms with Crippen molar-refractivity contribution in [3.05, 3.63) is 60.8 Å². The Balaban J connectivity index is 1.69. The van der Waals surface area contributed by atoms with Gasteiger partial charge in [-0.3, -0.25) is 4.79 Å². The van der Waals surface area contributed by atoms with E-state index in [9.17, 15) is 4.79 Å². The molecule has 29 heavy (non-hydrogen) atoms. The maximum absolute atomic E-state index is 11.1. The second kappa shape index (κ2) is 9.66. The van der Waals surface area contributed by atoms with E-state index in [0.29, 0.717) is 12.6 Å². The van der Waals surface area contributed by atoms with E-state index < -0.39 is 0 Å². The van der Waals surface area contributed by atoms with Crippen LogP contribution in [-0.4, -0.2) is 48.0 Å². The molecule has 2 N–H and O–H groups in total. The van der Waals surface area contributed by atoms with Gasteiger partial charge in [-0.1, -0.05) is 18.2 Å². The molecule has 0 spiro atoms. The molecule has 0 aliphatic rings. The van der Waals surface area contributed by atoms with Crippen molar-refractivity contribution in [2.24, 2.45) is 0 Å². The lowest BCUT2D eigenvalue weighted by Crippen LogP contribution is -2.19. The van der Waals surface area contributed by atoms with Crippen LogP contribution in [0.1, 0.15) is 6.92 Å². The molecule has 1 aromatic heterocycles. The monoisotopic (exact) mass is 391 g/mol. The van der Waals surface area contributed by atoms with Crippen LogP contribution in [0, 0.1) is 0 Å². The molecular formula is C22H25N5O2. The van der Waals surface area contributed by atoms with Crippen LogP contribution < -0.4 is 15.4 Å². The molecule has 1 amide bonds. The summed E-state index contributed by atoms with van der Waals surface area (Å²) in [6.45, 7) is 2.96. The third kappa shape index (κ3) is 6.29. The summed E-state index contributed by atoms with van der Waals surface area (Å²) in [6.07, 6.45) is 1.71. The lowest BCUT2D eigenvalue weighted by molar-refractivity contribution is -0.114. The zero-order chi connectivity index (χ0) is 20.6. The first-order chi connectivity index (χ1) is 14.0. The lowest BCUT2D eigenvalue weighted by Gasteiger charge is -2.12. The van der Waals surface area contributed by atoms with E-state index in [1.165, 1.54) is 6.92 Å². The fourth-order valence-electron chi connectivity index (χ4n) is 2.65. The molecule has 0 unspecified atom stereocenters. The quantitative estimate of drug-likeness (QED) is 0.608. The number of benzene rings is 2. The number of nitrogens with one attached hydrogen (secondary N) is 2. The number of ether oxygens (including phenoxy) is 1. The van der Waals surface area contributed by atoms with Crippen molar-refractivity contribution in [1.82, 2.24) is 14.9 Å². The van der Waals surface area contributed by atoms with Gasteiger partial charge in [-0.15, -0.1) is 0 Å². The number of carbonyl (C=O) groups excluding carboxylic acids is 1. The molecular weight excluding hydrogens is 366 g/mol. The van der Waals surface area contributed by atoms with Crippen molar-refractivity contribution in [3.63, 3.8) is 0 Å². The maximum Gasteiger partial charge on any atom is 0.227 e. The lowest BCUT2D eigenvalue weighted by atomic mass is 10.1. The molecule has 0 saturated carbocycles. The predicted octanol–water partition coefficient (Wildman–Crippen LogP) is 3.79. The molecule has 0 aliphatic carbocycles. The number of aromatic nitrogens is 2. The summed E-state index contributed by atoms with van der Waals surface area (Å²) in [4.78, 5) is 22.1. The van der Waals surface area contributed by atoms with Crippen LogP contribution in [0.3, 0.4) is 0 Å². The van der Waals surface area contributed by atoms with Crippen LogP contribution in [-0.2, 0) is 4.79 Å². The predicted molar refractivity (Wildman–Crippen MR) is 116 cm³/mol. The second-order valence-electron chi connectivity index (χ2n) is 6.83. The van der Waals surface area contributed by atoms with Gasteiger partial charge in [-0.25, -0.2) is 9.97 Å². The van der Waals surface area contributed by atoms with Crippen molar-refractivity contribution in [3.8, 4) is 17.0 Å². The van der Waals surface area contributed by atoms with Crippen LogP contribution in [0.25, 0.3) is 11.3 Å². The number of nitrogens with zero attached hydrogens (tertiary/aromatic N) is 3. The van der Waals surface area contributed by atoms with Gasteiger partial charge >= 0.3 is 0 Å². The molecule has 7 heteroatoms. The minimum absolute atomic E-state index is 0.0980. The molecule has 1 heterocycles. The van der Waals surface area contributed by atoms with E-state index in [4.69, 9.17) is 4.74 Å². The maximum atomic E-state index is 11.1. The summed E-state index contributed by atoms with van der Waals surface area (Å²) in [7, 11) is 4.03. The van der Waals surface area contributed by atoms with Crippen LogP contribution in [0.5, 0.6) is 5.75 Å². The molecule has 0 atom stereocenters. The first-order valence-electron chi connectivity index (χ1n) is 9.35.